The van der Waals surface area contributed by atoms with E-state index in [1.807, 2.05) is 4.90 Å². The Morgan fingerprint density at radius 3 is 2.59 bits per heavy atom. The Kier molecular flexibility index (Phi) is 6.82. The number of hydrogen-bond acceptors (Lipinski definition) is 8. The molecular weight excluding hydrogens is 457 g/mol. The van der Waals surface area contributed by atoms with Gasteiger partial charge in [0.2, 0.25) is 10.0 Å². The summed E-state index contributed by atoms with van der Waals surface area (Å²) in [5.41, 5.74) is 1.60. The number of hydrogen-bond donors (Lipinski definition) is 2. The smallest absolute Gasteiger partial charge is 0.246 e. The molecule has 2 heterocycles. The second-order valence-corrected chi connectivity index (χ2v) is 10.9. The second kappa shape index (κ2) is 9.44. The highest BCUT2D eigenvalue weighted by molar-refractivity contribution is 7.89. The van der Waals surface area contributed by atoms with Gasteiger partial charge in [0.05, 0.1) is 29.9 Å². The number of likely N-dealkylation sites (N-methyl/N-ethyl adjacent to an activating group) is 1. The van der Waals surface area contributed by atoms with Gasteiger partial charge in [-0.1, -0.05) is 17.3 Å². The predicted octanol–water partition coefficient (Wildman–Crippen LogP) is 2.59. The summed E-state index contributed by atoms with van der Waals surface area (Å²) in [5, 5.41) is 24.1. The lowest BCUT2D eigenvalue weighted by Crippen LogP contribution is -2.38. The molecule has 1 unspecified atom stereocenters. The summed E-state index contributed by atoms with van der Waals surface area (Å²) in [4.78, 5) is 2.92. The van der Waals surface area contributed by atoms with Crippen LogP contribution in [0.15, 0.2) is 34.3 Å². The largest absolute Gasteiger partial charge is 0.411 e. The summed E-state index contributed by atoms with van der Waals surface area (Å²) >= 11 is 1.33. The number of ether oxygens (including phenoxy) is 1. The van der Waals surface area contributed by atoms with Gasteiger partial charge in [0.15, 0.2) is 0 Å². The molecule has 0 bridgehead atoms. The van der Waals surface area contributed by atoms with Crippen LogP contribution < -0.4 is 4.90 Å². The van der Waals surface area contributed by atoms with Gasteiger partial charge in [-0.2, -0.15) is 4.31 Å². The lowest BCUT2D eigenvalue weighted by atomic mass is 9.97. The van der Waals surface area contributed by atoms with Gasteiger partial charge in [-0.05, 0) is 42.5 Å². The SMILES string of the molecule is CN(CC(O)c1ccc(F)cc1)S(=O)(=O)c1c(N2CCOCC2)sc2c1CCC/C2=N/O. The maximum absolute atomic E-state index is 13.7. The Balaban J connectivity index is 1.71. The molecule has 1 saturated heterocycles. The van der Waals surface area contributed by atoms with Crippen molar-refractivity contribution < 1.29 is 27.9 Å². The topological polar surface area (TPSA) is 103 Å². The number of benzene rings is 1. The number of nitrogens with zero attached hydrogens (tertiary/aromatic N) is 3. The third kappa shape index (κ3) is 4.40. The van der Waals surface area contributed by atoms with Gasteiger partial charge >= 0.3 is 0 Å². The molecule has 1 fully saturated rings. The molecule has 0 amide bonds. The minimum atomic E-state index is -3.97. The van der Waals surface area contributed by atoms with Crippen LogP contribution in [-0.2, 0) is 21.2 Å². The summed E-state index contributed by atoms with van der Waals surface area (Å²) < 4.78 is 47.3. The lowest BCUT2D eigenvalue weighted by molar-refractivity contribution is 0.123. The number of aliphatic hydroxyl groups excluding tert-OH is 1. The summed E-state index contributed by atoms with van der Waals surface area (Å²) in [6, 6.07) is 5.34. The van der Waals surface area contributed by atoms with E-state index in [0.29, 0.717) is 72.3 Å². The van der Waals surface area contributed by atoms with Gasteiger partial charge in [-0.15, -0.1) is 11.3 Å². The van der Waals surface area contributed by atoms with Gasteiger partial charge in [0.1, 0.15) is 15.7 Å². The highest BCUT2D eigenvalue weighted by Crippen LogP contribution is 2.44. The minimum absolute atomic E-state index is 0.178. The number of sulfonamides is 1. The van der Waals surface area contributed by atoms with Crippen molar-refractivity contribution in [2.75, 3.05) is 44.8 Å². The molecule has 4 rings (SSSR count). The normalized spacial score (nSPS) is 19.4. The van der Waals surface area contributed by atoms with Crippen molar-refractivity contribution in [1.82, 2.24) is 4.31 Å². The molecule has 1 aliphatic carbocycles. The Labute approximate surface area is 190 Å². The molecule has 0 radical (unpaired) electrons. The molecule has 32 heavy (non-hydrogen) atoms. The Bertz CT molecular complexity index is 1100. The molecule has 1 atom stereocenters. The lowest BCUT2D eigenvalue weighted by Gasteiger charge is -2.29. The number of rotatable bonds is 6. The maximum atomic E-state index is 13.7. The van der Waals surface area contributed by atoms with Crippen LogP contribution in [0.5, 0.6) is 0 Å². The van der Waals surface area contributed by atoms with Crippen LogP contribution in [0, 0.1) is 5.82 Å². The van der Waals surface area contributed by atoms with E-state index in [1.54, 1.807) is 0 Å². The highest BCUT2D eigenvalue weighted by Gasteiger charge is 2.37. The van der Waals surface area contributed by atoms with Crippen LogP contribution in [0.25, 0.3) is 0 Å². The van der Waals surface area contributed by atoms with E-state index in [1.165, 1.54) is 42.6 Å². The summed E-state index contributed by atoms with van der Waals surface area (Å²) in [5.74, 6) is -0.427. The number of halogens is 1. The molecule has 11 heteroatoms. The van der Waals surface area contributed by atoms with Crippen LogP contribution in [0.2, 0.25) is 0 Å². The van der Waals surface area contributed by atoms with Gasteiger partial charge in [0, 0.05) is 26.7 Å². The molecular formula is C21H26FN3O5S2. The second-order valence-electron chi connectivity index (χ2n) is 7.90. The van der Waals surface area contributed by atoms with Crippen LogP contribution in [0.3, 0.4) is 0 Å². The molecule has 2 aromatic rings. The van der Waals surface area contributed by atoms with Crippen molar-refractivity contribution >= 4 is 32.1 Å². The Hall–Kier alpha value is -2.05. The van der Waals surface area contributed by atoms with E-state index in [-0.39, 0.29) is 11.4 Å². The molecule has 0 saturated carbocycles. The van der Waals surface area contributed by atoms with Crippen molar-refractivity contribution in [3.8, 4) is 0 Å². The molecule has 1 aliphatic heterocycles. The summed E-state index contributed by atoms with van der Waals surface area (Å²) in [6.45, 7) is 1.96. The predicted molar refractivity (Wildman–Crippen MR) is 120 cm³/mol. The van der Waals surface area contributed by atoms with Crippen molar-refractivity contribution in [1.29, 1.82) is 0 Å². The van der Waals surface area contributed by atoms with Crippen molar-refractivity contribution in [3.63, 3.8) is 0 Å². The van der Waals surface area contributed by atoms with Gasteiger partial charge in [-0.25, -0.2) is 12.8 Å². The summed E-state index contributed by atoms with van der Waals surface area (Å²) in [6.07, 6.45) is 0.741. The van der Waals surface area contributed by atoms with Crippen LogP contribution >= 0.6 is 11.3 Å². The fraction of sp³-hybridized carbons (Fsp3) is 0.476. The molecule has 174 valence electrons. The third-order valence-electron chi connectivity index (χ3n) is 5.82. The molecule has 2 N–H and O–H groups in total. The average molecular weight is 484 g/mol. The first-order chi connectivity index (χ1) is 15.3. The third-order valence-corrected chi connectivity index (χ3v) is 9.21. The quantitative estimate of drug-likeness (QED) is 0.484. The van der Waals surface area contributed by atoms with E-state index in [0.717, 1.165) is 4.31 Å². The first-order valence-corrected chi connectivity index (χ1v) is 12.7. The van der Waals surface area contributed by atoms with Crippen LogP contribution in [0.1, 0.15) is 34.9 Å². The fourth-order valence-corrected chi connectivity index (χ4v) is 7.40. The Morgan fingerprint density at radius 2 is 1.94 bits per heavy atom. The number of oxime groups is 1. The first kappa shape index (κ1) is 23.1. The Morgan fingerprint density at radius 1 is 1.25 bits per heavy atom. The van der Waals surface area contributed by atoms with Gasteiger partial charge in [0.25, 0.3) is 0 Å². The average Bonchev–Trinajstić information content (AvgIpc) is 3.20. The molecule has 2 aliphatic rings. The monoisotopic (exact) mass is 483 g/mol. The first-order valence-electron chi connectivity index (χ1n) is 10.4. The standard InChI is InChI=1S/C21H26FN3O5S2/c1-24(13-18(26)14-5-7-15(22)8-6-14)32(28,29)20-16-3-2-4-17(23-27)19(16)31-21(20)25-9-11-30-12-10-25/h5-8,18,26-27H,2-4,9-13H2,1H3/b23-17-. The summed E-state index contributed by atoms with van der Waals surface area (Å²) in [7, 11) is -2.54. The zero-order chi connectivity index (χ0) is 22.9. The molecule has 0 spiro atoms. The zero-order valence-electron chi connectivity index (χ0n) is 17.7. The minimum Gasteiger partial charge on any atom is -0.411 e. The van der Waals surface area contributed by atoms with E-state index < -0.39 is 21.9 Å². The highest BCUT2D eigenvalue weighted by atomic mass is 32.2. The number of anilines is 1. The maximum Gasteiger partial charge on any atom is 0.246 e. The fourth-order valence-electron chi connectivity index (χ4n) is 4.07. The van der Waals surface area contributed by atoms with E-state index >= 15 is 0 Å². The number of fused-ring (bicyclic) bond motifs is 1. The van der Waals surface area contributed by atoms with Crippen molar-refractivity contribution in [2.45, 2.75) is 30.3 Å². The van der Waals surface area contributed by atoms with Crippen molar-refractivity contribution in [3.05, 3.63) is 46.1 Å². The molecule has 1 aromatic carbocycles. The van der Waals surface area contributed by atoms with Crippen molar-refractivity contribution in [2.24, 2.45) is 5.16 Å². The van der Waals surface area contributed by atoms with Gasteiger partial charge < -0.3 is 20.0 Å². The number of morpholine rings is 1. The van der Waals surface area contributed by atoms with E-state index in [4.69, 9.17) is 4.74 Å². The molecule has 8 nitrogen and oxygen atoms in total. The van der Waals surface area contributed by atoms with E-state index in [9.17, 15) is 23.1 Å². The molecule has 1 aromatic heterocycles. The zero-order valence-corrected chi connectivity index (χ0v) is 19.3. The van der Waals surface area contributed by atoms with Gasteiger partial charge in [-0.3, -0.25) is 0 Å². The number of aliphatic hydroxyl groups is 1. The number of thiophene rings is 1. The van der Waals surface area contributed by atoms with Crippen LogP contribution in [0.4, 0.5) is 9.39 Å². The van der Waals surface area contributed by atoms with E-state index in [2.05, 4.69) is 5.16 Å². The van der Waals surface area contributed by atoms with Crippen LogP contribution in [-0.4, -0.2) is 68.6 Å².